The highest BCUT2D eigenvalue weighted by atomic mass is 32.2. The van der Waals surface area contributed by atoms with Gasteiger partial charge in [0.2, 0.25) is 0 Å². The van der Waals surface area contributed by atoms with Crippen LogP contribution in [0.1, 0.15) is 41.3 Å². The van der Waals surface area contributed by atoms with E-state index in [2.05, 4.69) is 16.4 Å². The molecule has 6 nitrogen and oxygen atoms in total. The van der Waals surface area contributed by atoms with Crippen LogP contribution < -0.4 is 15.0 Å². The zero-order valence-electron chi connectivity index (χ0n) is 23.3. The Morgan fingerprint density at radius 2 is 1.84 bits per heavy atom. The predicted octanol–water partition coefficient (Wildman–Crippen LogP) is 7.68. The molecule has 0 radical (unpaired) electrons. The van der Waals surface area contributed by atoms with Crippen molar-refractivity contribution >= 4 is 46.8 Å². The summed E-state index contributed by atoms with van der Waals surface area (Å²) in [6.45, 7) is 2.02. The number of amides is 1. The predicted molar refractivity (Wildman–Crippen MR) is 169 cm³/mol. The molecule has 1 fully saturated rings. The van der Waals surface area contributed by atoms with Gasteiger partial charge >= 0.3 is 0 Å². The maximum atomic E-state index is 13.8. The molecule has 0 bridgehead atoms. The molecule has 2 heterocycles. The number of carbonyl (C=O) groups excluding carboxylic acids is 1. The first-order valence-electron chi connectivity index (χ1n) is 13.4. The summed E-state index contributed by atoms with van der Waals surface area (Å²) in [4.78, 5) is 19.0. The number of nitrogens with zero attached hydrogens (tertiary/aromatic N) is 3. The topological polar surface area (TPSA) is 78.2 Å². The van der Waals surface area contributed by atoms with E-state index in [-0.39, 0.29) is 22.2 Å². The van der Waals surface area contributed by atoms with Gasteiger partial charge in [-0.1, -0.05) is 61.5 Å². The molecule has 4 aromatic rings. The molecular formula is C33H26F2N4O2S2. The van der Waals surface area contributed by atoms with Gasteiger partial charge in [-0.3, -0.25) is 9.69 Å². The second-order valence-electron chi connectivity index (χ2n) is 9.52. The summed E-state index contributed by atoms with van der Waals surface area (Å²) in [6, 6.07) is 25.4. The number of benzene rings is 3. The summed E-state index contributed by atoms with van der Waals surface area (Å²) in [6.07, 6.45) is -0.345. The van der Waals surface area contributed by atoms with Crippen LogP contribution in [-0.2, 0) is 17.0 Å². The zero-order chi connectivity index (χ0) is 30.5. The minimum atomic E-state index is -2.80. The van der Waals surface area contributed by atoms with E-state index in [1.807, 2.05) is 49.4 Å². The van der Waals surface area contributed by atoms with Gasteiger partial charge in [0.25, 0.3) is 12.3 Å². The number of aryl methyl sites for hydroxylation is 1. The van der Waals surface area contributed by atoms with Crippen molar-refractivity contribution in [2.45, 2.75) is 30.5 Å². The molecule has 1 saturated heterocycles. The first-order valence-corrected chi connectivity index (χ1v) is 14.8. The van der Waals surface area contributed by atoms with E-state index in [1.54, 1.807) is 36.4 Å². The number of hydrogen-bond acceptors (Lipinski definition) is 6. The number of nitriles is 1. The number of anilines is 1. The van der Waals surface area contributed by atoms with Gasteiger partial charge in [-0.25, -0.2) is 13.8 Å². The van der Waals surface area contributed by atoms with Crippen LogP contribution in [-0.4, -0.2) is 23.1 Å². The second-order valence-corrected chi connectivity index (χ2v) is 10.9. The summed E-state index contributed by atoms with van der Waals surface area (Å²) < 4.78 is 33.2. The number of methoxy groups -OCH3 is 1. The van der Waals surface area contributed by atoms with Crippen molar-refractivity contribution in [2.75, 3.05) is 12.0 Å². The highest BCUT2D eigenvalue weighted by Crippen LogP contribution is 2.36. The van der Waals surface area contributed by atoms with Crippen LogP contribution in [0.4, 0.5) is 14.5 Å². The van der Waals surface area contributed by atoms with E-state index in [4.69, 9.17) is 17.0 Å². The number of ether oxygens (including phenoxy) is 1. The third-order valence-electron chi connectivity index (χ3n) is 6.90. The lowest BCUT2D eigenvalue weighted by atomic mass is 10.0. The number of pyridine rings is 1. The van der Waals surface area contributed by atoms with Gasteiger partial charge in [0.05, 0.1) is 18.4 Å². The lowest BCUT2D eigenvalue weighted by Crippen LogP contribution is -2.31. The lowest BCUT2D eigenvalue weighted by molar-refractivity contribution is -0.113. The molecule has 43 heavy (non-hydrogen) atoms. The van der Waals surface area contributed by atoms with Gasteiger partial charge in [-0.05, 0) is 65.7 Å². The van der Waals surface area contributed by atoms with Gasteiger partial charge in [-0.15, -0.1) is 11.8 Å². The van der Waals surface area contributed by atoms with Crippen molar-refractivity contribution in [2.24, 2.45) is 0 Å². The Morgan fingerprint density at radius 1 is 1.09 bits per heavy atom. The summed E-state index contributed by atoms with van der Waals surface area (Å²) in [5, 5.41) is 13.5. The Hall–Kier alpha value is -4.59. The van der Waals surface area contributed by atoms with Gasteiger partial charge in [0.1, 0.15) is 28.2 Å². The Bertz CT molecular complexity index is 1770. The number of para-hydroxylation sites is 1. The molecule has 0 unspecified atom stereocenters. The number of aromatic nitrogens is 1. The fourth-order valence-corrected chi connectivity index (χ4v) is 6.08. The van der Waals surface area contributed by atoms with E-state index >= 15 is 0 Å². The molecule has 10 heteroatoms. The number of thiocarbonyl (C=S) groups is 1. The normalized spacial score (nSPS) is 13.9. The van der Waals surface area contributed by atoms with Crippen molar-refractivity contribution in [3.8, 4) is 22.9 Å². The van der Waals surface area contributed by atoms with Crippen molar-refractivity contribution in [1.29, 1.82) is 5.26 Å². The minimum absolute atomic E-state index is 0.202. The molecule has 3 aromatic carbocycles. The first-order chi connectivity index (χ1) is 20.8. The Labute approximate surface area is 258 Å². The Balaban J connectivity index is 1.45. The first kappa shape index (κ1) is 29.9. The van der Waals surface area contributed by atoms with E-state index in [9.17, 15) is 18.8 Å². The molecule has 216 valence electrons. The molecule has 1 aliphatic heterocycles. The molecule has 1 amide bonds. The van der Waals surface area contributed by atoms with Crippen LogP contribution in [0.15, 0.2) is 89.6 Å². The van der Waals surface area contributed by atoms with Crippen LogP contribution in [0.25, 0.3) is 17.2 Å². The van der Waals surface area contributed by atoms with Crippen molar-refractivity contribution in [1.82, 2.24) is 10.3 Å². The van der Waals surface area contributed by atoms with E-state index in [0.717, 1.165) is 23.2 Å². The van der Waals surface area contributed by atoms with Crippen LogP contribution in [0.2, 0.25) is 0 Å². The van der Waals surface area contributed by atoms with E-state index in [1.165, 1.54) is 29.8 Å². The van der Waals surface area contributed by atoms with Gasteiger partial charge in [-0.2, -0.15) is 5.26 Å². The maximum absolute atomic E-state index is 13.8. The number of carbonyl (C=O) groups is 1. The number of hydrogen-bond donors (Lipinski definition) is 1. The van der Waals surface area contributed by atoms with Crippen molar-refractivity contribution in [3.63, 3.8) is 0 Å². The fourth-order valence-electron chi connectivity index (χ4n) is 4.81. The monoisotopic (exact) mass is 612 g/mol. The Kier molecular flexibility index (Phi) is 9.14. The van der Waals surface area contributed by atoms with Gasteiger partial charge < -0.3 is 10.1 Å². The average molecular weight is 613 g/mol. The SMILES string of the molecule is CCc1ccccc1N1C(=O)/C(=C\c2ccc(OC)c(CSc3nc(C(F)F)cc(-c4ccccc4)c3C#N)c2)NC1=S. The van der Waals surface area contributed by atoms with E-state index in [0.29, 0.717) is 33.2 Å². The van der Waals surface area contributed by atoms with E-state index < -0.39 is 12.1 Å². The summed E-state index contributed by atoms with van der Waals surface area (Å²) >= 11 is 6.67. The third kappa shape index (κ3) is 6.28. The molecule has 1 N–H and O–H groups in total. The molecule has 0 atom stereocenters. The summed E-state index contributed by atoms with van der Waals surface area (Å²) in [5.41, 5.74) is 4.38. The smallest absolute Gasteiger partial charge is 0.281 e. The molecule has 1 aliphatic rings. The average Bonchev–Trinajstić information content (AvgIpc) is 3.31. The van der Waals surface area contributed by atoms with Gasteiger partial charge in [0, 0.05) is 16.9 Å². The molecule has 0 aliphatic carbocycles. The van der Waals surface area contributed by atoms with Crippen LogP contribution in [0, 0.1) is 11.3 Å². The van der Waals surface area contributed by atoms with Crippen LogP contribution in [0.3, 0.4) is 0 Å². The zero-order valence-corrected chi connectivity index (χ0v) is 24.9. The lowest BCUT2D eigenvalue weighted by Gasteiger charge is -2.17. The highest BCUT2D eigenvalue weighted by molar-refractivity contribution is 7.98. The molecule has 5 rings (SSSR count). The third-order valence-corrected chi connectivity index (χ3v) is 8.21. The Morgan fingerprint density at radius 3 is 2.53 bits per heavy atom. The standard InChI is InChI=1S/C33H26F2N4O2S2/c1-3-21-9-7-8-12-28(21)39-32(40)27(38-33(39)42)16-20-13-14-29(41-2)23(15-20)19-43-31-25(18-36)24(17-26(37-31)30(34)35)22-10-5-4-6-11-22/h4-17,30H,3,19H2,1-2H3,(H,38,42)/b27-16+. The largest absolute Gasteiger partial charge is 0.496 e. The van der Waals surface area contributed by atoms with Crippen molar-refractivity contribution < 1.29 is 18.3 Å². The number of rotatable bonds is 9. The van der Waals surface area contributed by atoms with Crippen LogP contribution >= 0.6 is 24.0 Å². The molecule has 0 spiro atoms. The maximum Gasteiger partial charge on any atom is 0.281 e. The highest BCUT2D eigenvalue weighted by Gasteiger charge is 2.33. The molecule has 1 aromatic heterocycles. The molecule has 0 saturated carbocycles. The number of nitrogens with one attached hydrogen (secondary N) is 1. The quantitative estimate of drug-likeness (QED) is 0.118. The van der Waals surface area contributed by atoms with Crippen LogP contribution in [0.5, 0.6) is 5.75 Å². The number of thioether (sulfide) groups is 1. The molecular weight excluding hydrogens is 587 g/mol. The number of halogens is 2. The summed E-state index contributed by atoms with van der Waals surface area (Å²) in [5.74, 6) is 0.581. The van der Waals surface area contributed by atoms with Crippen molar-refractivity contribution in [3.05, 3.63) is 113 Å². The fraction of sp³-hybridized carbons (Fsp3) is 0.152. The minimum Gasteiger partial charge on any atom is -0.496 e. The van der Waals surface area contributed by atoms with Gasteiger partial charge in [0.15, 0.2) is 5.11 Å². The number of alkyl halides is 2. The second kappa shape index (κ2) is 13.2. The summed E-state index contributed by atoms with van der Waals surface area (Å²) in [7, 11) is 1.54.